The minimum atomic E-state index is 0.895. The maximum absolute atomic E-state index is 4.34. The SMILES string of the molecule is CCN(CC)CCCNCc1cnn2ccccc12. The van der Waals surface area contributed by atoms with Crippen molar-refractivity contribution in [3.8, 4) is 0 Å². The zero-order valence-corrected chi connectivity index (χ0v) is 12.0. The van der Waals surface area contributed by atoms with Crippen LogP contribution >= 0.6 is 0 Å². The van der Waals surface area contributed by atoms with Crippen molar-refractivity contribution in [2.24, 2.45) is 0 Å². The van der Waals surface area contributed by atoms with Gasteiger partial charge in [-0.05, 0) is 44.7 Å². The molecule has 0 radical (unpaired) electrons. The molecule has 2 rings (SSSR count). The molecule has 0 aliphatic carbocycles. The van der Waals surface area contributed by atoms with Gasteiger partial charge in [-0.2, -0.15) is 5.10 Å². The van der Waals surface area contributed by atoms with Crippen molar-refractivity contribution in [2.45, 2.75) is 26.8 Å². The number of rotatable bonds is 8. The summed E-state index contributed by atoms with van der Waals surface area (Å²) in [6.07, 6.45) is 5.13. The zero-order valence-electron chi connectivity index (χ0n) is 12.0. The zero-order chi connectivity index (χ0) is 13.5. The van der Waals surface area contributed by atoms with Crippen LogP contribution in [0.5, 0.6) is 0 Å². The third kappa shape index (κ3) is 3.78. The molecule has 0 fully saturated rings. The van der Waals surface area contributed by atoms with Crippen molar-refractivity contribution in [1.82, 2.24) is 19.8 Å². The van der Waals surface area contributed by atoms with Gasteiger partial charge in [-0.25, -0.2) is 4.52 Å². The van der Waals surface area contributed by atoms with E-state index in [2.05, 4.69) is 41.3 Å². The van der Waals surface area contributed by atoms with Crippen LogP contribution in [0.15, 0.2) is 30.6 Å². The van der Waals surface area contributed by atoms with E-state index >= 15 is 0 Å². The van der Waals surface area contributed by atoms with Crippen LogP contribution in [0.25, 0.3) is 5.52 Å². The lowest BCUT2D eigenvalue weighted by Gasteiger charge is -2.17. The fourth-order valence-electron chi connectivity index (χ4n) is 2.31. The number of aromatic nitrogens is 2. The maximum atomic E-state index is 4.34. The topological polar surface area (TPSA) is 32.6 Å². The summed E-state index contributed by atoms with van der Waals surface area (Å²) in [5.74, 6) is 0. The van der Waals surface area contributed by atoms with E-state index in [0.717, 1.165) is 26.2 Å². The van der Waals surface area contributed by atoms with Gasteiger partial charge in [0.15, 0.2) is 0 Å². The highest BCUT2D eigenvalue weighted by atomic mass is 15.2. The molecule has 4 heteroatoms. The van der Waals surface area contributed by atoms with Crippen LogP contribution in [0.4, 0.5) is 0 Å². The summed E-state index contributed by atoms with van der Waals surface area (Å²) in [4.78, 5) is 2.46. The van der Waals surface area contributed by atoms with Crippen LogP contribution in [0.2, 0.25) is 0 Å². The molecule has 4 nitrogen and oxygen atoms in total. The average molecular weight is 260 g/mol. The molecule has 0 aliphatic heterocycles. The van der Waals surface area contributed by atoms with Crippen molar-refractivity contribution in [3.05, 3.63) is 36.2 Å². The summed E-state index contributed by atoms with van der Waals surface area (Å²) in [6.45, 7) is 9.85. The fourth-order valence-corrected chi connectivity index (χ4v) is 2.31. The molecular weight excluding hydrogens is 236 g/mol. The molecule has 1 N–H and O–H groups in total. The monoisotopic (exact) mass is 260 g/mol. The minimum Gasteiger partial charge on any atom is -0.312 e. The highest BCUT2D eigenvalue weighted by Crippen LogP contribution is 2.09. The van der Waals surface area contributed by atoms with E-state index < -0.39 is 0 Å². The van der Waals surface area contributed by atoms with Gasteiger partial charge < -0.3 is 10.2 Å². The summed E-state index contributed by atoms with van der Waals surface area (Å²) < 4.78 is 1.92. The van der Waals surface area contributed by atoms with E-state index in [9.17, 15) is 0 Å². The van der Waals surface area contributed by atoms with Crippen molar-refractivity contribution >= 4 is 5.52 Å². The molecule has 0 amide bonds. The minimum absolute atomic E-state index is 0.895. The van der Waals surface area contributed by atoms with E-state index in [1.165, 1.54) is 24.0 Å². The Bertz CT molecular complexity index is 488. The quantitative estimate of drug-likeness (QED) is 0.738. The Morgan fingerprint density at radius 2 is 2.11 bits per heavy atom. The molecule has 2 heterocycles. The van der Waals surface area contributed by atoms with Crippen molar-refractivity contribution in [1.29, 1.82) is 0 Å². The Balaban J connectivity index is 1.74. The van der Waals surface area contributed by atoms with Crippen molar-refractivity contribution in [3.63, 3.8) is 0 Å². The molecule has 2 aromatic heterocycles. The number of hydrogen-bond donors (Lipinski definition) is 1. The molecule has 0 bridgehead atoms. The Morgan fingerprint density at radius 1 is 1.26 bits per heavy atom. The third-order valence-electron chi connectivity index (χ3n) is 3.54. The first-order valence-corrected chi connectivity index (χ1v) is 7.19. The molecule has 0 spiro atoms. The molecule has 0 aromatic carbocycles. The molecule has 0 unspecified atom stereocenters. The van der Waals surface area contributed by atoms with Crippen LogP contribution in [0.3, 0.4) is 0 Å². The first kappa shape index (κ1) is 14.0. The van der Waals surface area contributed by atoms with Gasteiger partial charge in [0.05, 0.1) is 11.7 Å². The van der Waals surface area contributed by atoms with Crippen LogP contribution in [-0.4, -0.2) is 40.7 Å². The first-order valence-electron chi connectivity index (χ1n) is 7.19. The molecule has 0 saturated carbocycles. The number of hydrogen-bond acceptors (Lipinski definition) is 3. The molecular formula is C15H24N4. The summed E-state index contributed by atoms with van der Waals surface area (Å²) in [6, 6.07) is 6.17. The van der Waals surface area contributed by atoms with Gasteiger partial charge in [0.2, 0.25) is 0 Å². The number of fused-ring (bicyclic) bond motifs is 1. The normalized spacial score (nSPS) is 11.5. The van der Waals surface area contributed by atoms with Gasteiger partial charge in [-0.15, -0.1) is 0 Å². The van der Waals surface area contributed by atoms with E-state index in [0.29, 0.717) is 0 Å². The second-order valence-corrected chi connectivity index (χ2v) is 4.76. The smallest absolute Gasteiger partial charge is 0.0706 e. The Labute approximate surface area is 115 Å². The van der Waals surface area contributed by atoms with Crippen molar-refractivity contribution in [2.75, 3.05) is 26.2 Å². The molecule has 0 aliphatic rings. The van der Waals surface area contributed by atoms with Gasteiger partial charge in [0.25, 0.3) is 0 Å². The van der Waals surface area contributed by atoms with Gasteiger partial charge in [-0.3, -0.25) is 0 Å². The molecule has 0 atom stereocenters. The summed E-state index contributed by atoms with van der Waals surface area (Å²) in [7, 11) is 0. The van der Waals surface area contributed by atoms with Gasteiger partial charge in [-0.1, -0.05) is 19.9 Å². The highest BCUT2D eigenvalue weighted by molar-refractivity contribution is 5.53. The van der Waals surface area contributed by atoms with Gasteiger partial charge in [0, 0.05) is 18.3 Å². The molecule has 19 heavy (non-hydrogen) atoms. The largest absolute Gasteiger partial charge is 0.312 e. The summed E-state index contributed by atoms with van der Waals surface area (Å²) in [5.41, 5.74) is 2.46. The number of pyridine rings is 1. The van der Waals surface area contributed by atoms with E-state index in [-0.39, 0.29) is 0 Å². The molecule has 104 valence electrons. The Hall–Kier alpha value is -1.39. The standard InChI is InChI=1S/C15H24N4/c1-3-18(4-2)10-7-9-16-12-14-13-17-19-11-6-5-8-15(14)19/h5-6,8,11,13,16H,3-4,7,9-10,12H2,1-2H3. The fraction of sp³-hybridized carbons (Fsp3) is 0.533. The van der Waals surface area contributed by atoms with Crippen molar-refractivity contribution < 1.29 is 0 Å². The Morgan fingerprint density at radius 3 is 2.89 bits per heavy atom. The van der Waals surface area contributed by atoms with E-state index in [1.54, 1.807) is 0 Å². The number of nitrogens with zero attached hydrogens (tertiary/aromatic N) is 3. The van der Waals surface area contributed by atoms with Crippen LogP contribution in [-0.2, 0) is 6.54 Å². The lowest BCUT2D eigenvalue weighted by Crippen LogP contribution is -2.27. The predicted molar refractivity (Wildman–Crippen MR) is 79.3 cm³/mol. The highest BCUT2D eigenvalue weighted by Gasteiger charge is 2.02. The van der Waals surface area contributed by atoms with E-state index in [4.69, 9.17) is 0 Å². The molecule has 0 saturated heterocycles. The summed E-state index contributed by atoms with van der Waals surface area (Å²) in [5, 5.41) is 7.84. The molecule has 2 aromatic rings. The number of nitrogens with one attached hydrogen (secondary N) is 1. The first-order chi connectivity index (χ1) is 9.35. The van der Waals surface area contributed by atoms with E-state index in [1.807, 2.05) is 23.0 Å². The predicted octanol–water partition coefficient (Wildman–Crippen LogP) is 2.16. The Kier molecular flexibility index (Phi) is 5.36. The lowest BCUT2D eigenvalue weighted by atomic mass is 10.2. The van der Waals surface area contributed by atoms with Crippen LogP contribution < -0.4 is 5.32 Å². The third-order valence-corrected chi connectivity index (χ3v) is 3.54. The summed E-state index contributed by atoms with van der Waals surface area (Å²) >= 11 is 0. The second-order valence-electron chi connectivity index (χ2n) is 4.76. The lowest BCUT2D eigenvalue weighted by molar-refractivity contribution is 0.298. The van der Waals surface area contributed by atoms with Gasteiger partial charge >= 0.3 is 0 Å². The average Bonchev–Trinajstić information content (AvgIpc) is 2.86. The van der Waals surface area contributed by atoms with Gasteiger partial charge in [0.1, 0.15) is 0 Å². The second kappa shape index (κ2) is 7.26. The maximum Gasteiger partial charge on any atom is 0.0706 e. The van der Waals surface area contributed by atoms with Crippen LogP contribution in [0, 0.1) is 0 Å². The van der Waals surface area contributed by atoms with Crippen LogP contribution in [0.1, 0.15) is 25.8 Å².